The summed E-state index contributed by atoms with van der Waals surface area (Å²) in [4.78, 5) is 29.3. The molecule has 0 aromatic heterocycles. The molecule has 0 atom stereocenters. The first kappa shape index (κ1) is 18.5. The molecule has 2 aliphatic heterocycles. The third-order valence-corrected chi connectivity index (χ3v) is 5.43. The molecule has 0 unspecified atom stereocenters. The van der Waals surface area contributed by atoms with E-state index < -0.39 is 0 Å². The smallest absolute Gasteiger partial charge is 0.253 e. The highest BCUT2D eigenvalue weighted by molar-refractivity contribution is 5.95. The maximum atomic E-state index is 12.8. The van der Waals surface area contributed by atoms with E-state index in [1.54, 1.807) is 32.4 Å². The van der Waals surface area contributed by atoms with Crippen LogP contribution in [0.2, 0.25) is 0 Å². The molecule has 0 spiro atoms. The zero-order valence-electron chi connectivity index (χ0n) is 15.7. The monoisotopic (exact) mass is 360 g/mol. The summed E-state index contributed by atoms with van der Waals surface area (Å²) in [7, 11) is 3.13. The first-order chi connectivity index (χ1) is 12.6. The van der Waals surface area contributed by atoms with Crippen LogP contribution in [0.4, 0.5) is 0 Å². The Hall–Kier alpha value is -2.24. The summed E-state index contributed by atoms with van der Waals surface area (Å²) in [5.74, 6) is 1.48. The Labute approximate surface area is 155 Å². The average molecular weight is 360 g/mol. The van der Waals surface area contributed by atoms with Crippen LogP contribution in [0.15, 0.2) is 18.2 Å². The van der Waals surface area contributed by atoms with Gasteiger partial charge in [0.15, 0.2) is 11.5 Å². The van der Waals surface area contributed by atoms with Gasteiger partial charge in [0.05, 0.1) is 14.2 Å². The summed E-state index contributed by atoms with van der Waals surface area (Å²) in [6.45, 7) is 3.03. The van der Waals surface area contributed by atoms with E-state index in [4.69, 9.17) is 9.47 Å². The van der Waals surface area contributed by atoms with E-state index in [2.05, 4.69) is 0 Å². The van der Waals surface area contributed by atoms with Crippen LogP contribution >= 0.6 is 0 Å². The minimum Gasteiger partial charge on any atom is -0.493 e. The number of hydrogen-bond donors (Lipinski definition) is 0. The summed E-state index contributed by atoms with van der Waals surface area (Å²) < 4.78 is 10.5. The van der Waals surface area contributed by atoms with Crippen LogP contribution in [-0.2, 0) is 4.79 Å². The van der Waals surface area contributed by atoms with E-state index in [1.165, 1.54) is 6.42 Å². The molecule has 0 N–H and O–H groups in total. The highest BCUT2D eigenvalue weighted by atomic mass is 16.5. The van der Waals surface area contributed by atoms with Crippen molar-refractivity contribution in [2.45, 2.75) is 32.1 Å². The number of carbonyl (C=O) groups excluding carboxylic acids is 2. The molecule has 2 saturated heterocycles. The third-order valence-electron chi connectivity index (χ3n) is 5.43. The maximum absolute atomic E-state index is 12.8. The second-order valence-electron chi connectivity index (χ2n) is 7.02. The van der Waals surface area contributed by atoms with Crippen molar-refractivity contribution in [1.82, 2.24) is 9.80 Å². The third kappa shape index (κ3) is 3.94. The van der Waals surface area contributed by atoms with Gasteiger partial charge in [-0.15, -0.1) is 0 Å². The zero-order valence-corrected chi connectivity index (χ0v) is 15.7. The Morgan fingerprint density at radius 1 is 0.885 bits per heavy atom. The second kappa shape index (κ2) is 8.43. The van der Waals surface area contributed by atoms with Crippen LogP contribution in [0, 0.1) is 5.92 Å². The van der Waals surface area contributed by atoms with Crippen LogP contribution in [0.1, 0.15) is 42.5 Å². The predicted molar refractivity (Wildman–Crippen MR) is 98.6 cm³/mol. The first-order valence-electron chi connectivity index (χ1n) is 9.44. The SMILES string of the molecule is COc1ccc(C(=O)N2CCC(C(=O)N3CCCCC3)CC2)cc1OC. The van der Waals surface area contributed by atoms with Crippen LogP contribution in [-0.4, -0.2) is 62.0 Å². The van der Waals surface area contributed by atoms with Crippen molar-refractivity contribution in [3.8, 4) is 11.5 Å². The first-order valence-corrected chi connectivity index (χ1v) is 9.44. The van der Waals surface area contributed by atoms with Crippen molar-refractivity contribution in [3.63, 3.8) is 0 Å². The van der Waals surface area contributed by atoms with Crippen LogP contribution < -0.4 is 9.47 Å². The van der Waals surface area contributed by atoms with Gasteiger partial charge >= 0.3 is 0 Å². The molecule has 6 nitrogen and oxygen atoms in total. The normalized spacial score (nSPS) is 18.5. The Bertz CT molecular complexity index is 647. The average Bonchev–Trinajstić information content (AvgIpc) is 2.73. The largest absolute Gasteiger partial charge is 0.493 e. The number of piperidine rings is 2. The van der Waals surface area contributed by atoms with Gasteiger partial charge in [-0.3, -0.25) is 9.59 Å². The van der Waals surface area contributed by atoms with Gasteiger partial charge in [-0.25, -0.2) is 0 Å². The fraction of sp³-hybridized carbons (Fsp3) is 0.600. The fourth-order valence-corrected chi connectivity index (χ4v) is 3.85. The molecule has 2 aliphatic rings. The Balaban J connectivity index is 1.59. The van der Waals surface area contributed by atoms with Gasteiger partial charge in [0.25, 0.3) is 5.91 Å². The molecule has 6 heteroatoms. The van der Waals surface area contributed by atoms with Crippen molar-refractivity contribution >= 4 is 11.8 Å². The molecule has 1 aromatic rings. The van der Waals surface area contributed by atoms with E-state index in [9.17, 15) is 9.59 Å². The van der Waals surface area contributed by atoms with Gasteiger partial charge in [0.2, 0.25) is 5.91 Å². The number of hydrogen-bond acceptors (Lipinski definition) is 4. The summed E-state index contributed by atoms with van der Waals surface area (Å²) in [6.07, 6.45) is 4.94. The van der Waals surface area contributed by atoms with Crippen LogP contribution in [0.25, 0.3) is 0 Å². The van der Waals surface area contributed by atoms with Gasteiger partial charge in [-0.2, -0.15) is 0 Å². The van der Waals surface area contributed by atoms with Crippen molar-refractivity contribution < 1.29 is 19.1 Å². The highest BCUT2D eigenvalue weighted by Gasteiger charge is 2.31. The minimum absolute atomic E-state index is 0.0187. The van der Waals surface area contributed by atoms with Gasteiger partial charge in [-0.05, 0) is 50.3 Å². The van der Waals surface area contributed by atoms with Crippen LogP contribution in [0.5, 0.6) is 11.5 Å². The number of amides is 2. The predicted octanol–water partition coefficient (Wildman–Crippen LogP) is 2.57. The lowest BCUT2D eigenvalue weighted by Crippen LogP contribution is -2.45. The summed E-state index contributed by atoms with van der Waals surface area (Å²) in [6, 6.07) is 5.22. The number of rotatable bonds is 4. The molecule has 2 fully saturated rings. The Kier molecular flexibility index (Phi) is 6.01. The maximum Gasteiger partial charge on any atom is 0.253 e. The summed E-state index contributed by atoms with van der Waals surface area (Å²) in [5.41, 5.74) is 0.587. The molecule has 2 amide bonds. The minimum atomic E-state index is -0.0187. The molecule has 0 bridgehead atoms. The molecular weight excluding hydrogens is 332 g/mol. The van der Waals surface area contributed by atoms with E-state index in [0.717, 1.165) is 38.8 Å². The van der Waals surface area contributed by atoms with E-state index in [1.807, 2.05) is 9.80 Å². The standard InChI is InChI=1S/C20H28N2O4/c1-25-17-7-6-16(14-18(17)26-2)20(24)22-12-8-15(9-13-22)19(23)21-10-4-3-5-11-21/h6-7,14-15H,3-5,8-13H2,1-2H3. The topological polar surface area (TPSA) is 59.1 Å². The Morgan fingerprint density at radius 2 is 1.54 bits per heavy atom. The highest BCUT2D eigenvalue weighted by Crippen LogP contribution is 2.29. The van der Waals surface area contributed by atoms with Gasteiger partial charge in [-0.1, -0.05) is 0 Å². The number of nitrogens with zero attached hydrogens (tertiary/aromatic N) is 2. The molecule has 2 heterocycles. The molecular formula is C20H28N2O4. The zero-order chi connectivity index (χ0) is 18.5. The van der Waals surface area contributed by atoms with Crippen molar-refractivity contribution in [1.29, 1.82) is 0 Å². The van der Waals surface area contributed by atoms with Crippen molar-refractivity contribution in [2.75, 3.05) is 40.4 Å². The molecule has 26 heavy (non-hydrogen) atoms. The molecule has 1 aromatic carbocycles. The van der Waals surface area contributed by atoms with Crippen molar-refractivity contribution in [3.05, 3.63) is 23.8 Å². The quantitative estimate of drug-likeness (QED) is 0.828. The number of benzene rings is 1. The molecule has 3 rings (SSSR count). The van der Waals surface area contributed by atoms with E-state index >= 15 is 0 Å². The number of likely N-dealkylation sites (tertiary alicyclic amines) is 2. The molecule has 0 saturated carbocycles. The van der Waals surface area contributed by atoms with E-state index in [-0.39, 0.29) is 17.7 Å². The van der Waals surface area contributed by atoms with Crippen LogP contribution in [0.3, 0.4) is 0 Å². The number of carbonyl (C=O) groups is 2. The Morgan fingerprint density at radius 3 is 2.15 bits per heavy atom. The lowest BCUT2D eigenvalue weighted by molar-refractivity contribution is -0.137. The molecule has 142 valence electrons. The second-order valence-corrected chi connectivity index (χ2v) is 7.02. The van der Waals surface area contributed by atoms with Crippen molar-refractivity contribution in [2.24, 2.45) is 5.92 Å². The fourth-order valence-electron chi connectivity index (χ4n) is 3.85. The molecule has 0 radical (unpaired) electrons. The van der Waals surface area contributed by atoms with Gasteiger partial charge in [0, 0.05) is 37.7 Å². The number of methoxy groups -OCH3 is 2. The number of ether oxygens (including phenoxy) is 2. The van der Waals surface area contributed by atoms with Gasteiger partial charge in [0.1, 0.15) is 0 Å². The lowest BCUT2D eigenvalue weighted by Gasteiger charge is -2.35. The van der Waals surface area contributed by atoms with Gasteiger partial charge < -0.3 is 19.3 Å². The summed E-state index contributed by atoms with van der Waals surface area (Å²) in [5, 5.41) is 0. The lowest BCUT2D eigenvalue weighted by atomic mass is 9.94. The summed E-state index contributed by atoms with van der Waals surface area (Å²) >= 11 is 0. The van der Waals surface area contributed by atoms with E-state index in [0.29, 0.717) is 30.2 Å². The molecule has 0 aliphatic carbocycles.